The molecule has 1 aromatic carbocycles. The maximum absolute atomic E-state index is 4.67. The summed E-state index contributed by atoms with van der Waals surface area (Å²) in [7, 11) is 0. The van der Waals surface area contributed by atoms with E-state index in [9.17, 15) is 0 Å². The highest BCUT2D eigenvalue weighted by molar-refractivity contribution is 5.54. The first-order chi connectivity index (χ1) is 9.86. The smallest absolute Gasteiger partial charge is 0.163 e. The average molecular weight is 263 g/mol. The van der Waals surface area contributed by atoms with Crippen LogP contribution in [0.1, 0.15) is 30.9 Å². The minimum atomic E-state index is 0.260. The largest absolute Gasteiger partial charge is 0.217 e. The molecule has 0 N–H and O–H groups in total. The van der Waals surface area contributed by atoms with Crippen LogP contribution in [0, 0.1) is 0 Å². The Bertz CT molecular complexity index is 645. The summed E-state index contributed by atoms with van der Waals surface area (Å²) in [6.07, 6.45) is 10.2. The number of benzene rings is 1. The Morgan fingerprint density at radius 1 is 1.05 bits per heavy atom. The Labute approximate surface area is 119 Å². The quantitative estimate of drug-likeness (QED) is 0.847. The van der Waals surface area contributed by atoms with Crippen LogP contribution in [0.25, 0.3) is 11.4 Å². The minimum Gasteiger partial charge on any atom is -0.217 e. The molecule has 0 radical (unpaired) electrons. The second kappa shape index (κ2) is 5.78. The predicted octanol–water partition coefficient (Wildman–Crippen LogP) is 3.70. The van der Waals surface area contributed by atoms with Crippen LogP contribution in [-0.4, -0.2) is 15.0 Å². The molecule has 3 nitrogen and oxygen atoms in total. The van der Waals surface area contributed by atoms with Crippen molar-refractivity contribution in [1.29, 1.82) is 0 Å². The van der Waals surface area contributed by atoms with Gasteiger partial charge in [0.2, 0.25) is 0 Å². The lowest BCUT2D eigenvalue weighted by Crippen LogP contribution is -2.09. The summed E-state index contributed by atoms with van der Waals surface area (Å²) in [5, 5.41) is 0. The van der Waals surface area contributed by atoms with Crippen molar-refractivity contribution in [2.24, 2.45) is 0 Å². The van der Waals surface area contributed by atoms with Crippen LogP contribution in [0.4, 0.5) is 0 Å². The molecular formula is C17H17N3. The van der Waals surface area contributed by atoms with Gasteiger partial charge in [0.05, 0.1) is 0 Å². The van der Waals surface area contributed by atoms with E-state index in [1.54, 1.807) is 0 Å². The van der Waals surface area contributed by atoms with Gasteiger partial charge in [-0.3, -0.25) is 0 Å². The first-order valence-corrected chi connectivity index (χ1v) is 7.00. The summed E-state index contributed by atoms with van der Waals surface area (Å²) in [5.74, 6) is 2.76. The lowest BCUT2D eigenvalue weighted by atomic mass is 10.00. The summed E-state index contributed by atoms with van der Waals surface area (Å²) >= 11 is 0. The summed E-state index contributed by atoms with van der Waals surface area (Å²) in [5.41, 5.74) is 1.04. The first-order valence-electron chi connectivity index (χ1n) is 7.00. The molecule has 1 unspecified atom stereocenters. The molecular weight excluding hydrogens is 246 g/mol. The highest BCUT2D eigenvalue weighted by Crippen LogP contribution is 2.23. The number of aromatic nitrogens is 3. The molecule has 0 saturated carbocycles. The van der Waals surface area contributed by atoms with E-state index < -0.39 is 0 Å². The SMILES string of the molecule is CCc1nc(-c2ccccc2)nc(C2C=CC=CC2)n1. The number of hydrogen-bond donors (Lipinski definition) is 0. The van der Waals surface area contributed by atoms with Gasteiger partial charge in [-0.25, -0.2) is 15.0 Å². The molecule has 3 rings (SSSR count). The Hall–Kier alpha value is -2.29. The van der Waals surface area contributed by atoms with E-state index in [0.717, 1.165) is 35.9 Å². The molecule has 0 amide bonds. The molecule has 2 aromatic rings. The molecule has 1 atom stereocenters. The van der Waals surface area contributed by atoms with Crippen molar-refractivity contribution in [3.63, 3.8) is 0 Å². The van der Waals surface area contributed by atoms with Gasteiger partial charge in [0.15, 0.2) is 5.82 Å². The molecule has 0 fully saturated rings. The van der Waals surface area contributed by atoms with Gasteiger partial charge in [-0.1, -0.05) is 61.6 Å². The minimum absolute atomic E-state index is 0.260. The molecule has 1 aliphatic carbocycles. The summed E-state index contributed by atoms with van der Waals surface area (Å²) in [6, 6.07) is 10.1. The molecule has 0 saturated heterocycles. The Morgan fingerprint density at radius 3 is 2.60 bits per heavy atom. The van der Waals surface area contributed by atoms with Gasteiger partial charge >= 0.3 is 0 Å². The number of hydrogen-bond acceptors (Lipinski definition) is 3. The summed E-state index contributed by atoms with van der Waals surface area (Å²) < 4.78 is 0. The van der Waals surface area contributed by atoms with Crippen LogP contribution in [0.3, 0.4) is 0 Å². The van der Waals surface area contributed by atoms with E-state index in [0.29, 0.717) is 0 Å². The Kier molecular flexibility index (Phi) is 3.68. The van der Waals surface area contributed by atoms with Crippen LogP contribution >= 0.6 is 0 Å². The predicted molar refractivity (Wildman–Crippen MR) is 80.3 cm³/mol. The molecule has 1 aromatic heterocycles. The normalized spacial score (nSPS) is 17.4. The van der Waals surface area contributed by atoms with Crippen molar-refractivity contribution in [2.45, 2.75) is 25.7 Å². The van der Waals surface area contributed by atoms with Gasteiger partial charge in [-0.05, 0) is 6.42 Å². The van der Waals surface area contributed by atoms with E-state index in [-0.39, 0.29) is 5.92 Å². The maximum Gasteiger partial charge on any atom is 0.163 e. The molecule has 100 valence electrons. The third-order valence-corrected chi connectivity index (χ3v) is 3.36. The van der Waals surface area contributed by atoms with Gasteiger partial charge in [0, 0.05) is 17.9 Å². The van der Waals surface area contributed by atoms with E-state index in [4.69, 9.17) is 0 Å². The summed E-state index contributed by atoms with van der Waals surface area (Å²) in [4.78, 5) is 13.8. The van der Waals surface area contributed by atoms with Crippen molar-refractivity contribution < 1.29 is 0 Å². The Morgan fingerprint density at radius 2 is 1.90 bits per heavy atom. The van der Waals surface area contributed by atoms with Crippen LogP contribution in [0.15, 0.2) is 54.6 Å². The van der Waals surface area contributed by atoms with Crippen molar-refractivity contribution in [3.8, 4) is 11.4 Å². The number of allylic oxidation sites excluding steroid dienone is 4. The molecule has 1 heterocycles. The van der Waals surface area contributed by atoms with Crippen LogP contribution < -0.4 is 0 Å². The second-order valence-electron chi connectivity index (χ2n) is 4.81. The topological polar surface area (TPSA) is 38.7 Å². The monoisotopic (exact) mass is 263 g/mol. The van der Waals surface area contributed by atoms with Crippen molar-refractivity contribution in [3.05, 3.63) is 66.3 Å². The van der Waals surface area contributed by atoms with Crippen LogP contribution in [0.5, 0.6) is 0 Å². The van der Waals surface area contributed by atoms with Crippen molar-refractivity contribution in [1.82, 2.24) is 15.0 Å². The number of nitrogens with zero attached hydrogens (tertiary/aromatic N) is 3. The standard InChI is InChI=1S/C17H17N3/c1-2-15-18-16(13-9-5-3-6-10-13)20-17(19-15)14-11-7-4-8-12-14/h3-11,14H,2,12H2,1H3. The highest BCUT2D eigenvalue weighted by atomic mass is 15.0. The second-order valence-corrected chi connectivity index (χ2v) is 4.81. The molecule has 0 aliphatic heterocycles. The third kappa shape index (κ3) is 2.67. The fourth-order valence-corrected chi connectivity index (χ4v) is 2.25. The maximum atomic E-state index is 4.67. The molecule has 20 heavy (non-hydrogen) atoms. The van der Waals surface area contributed by atoms with E-state index in [1.807, 2.05) is 30.3 Å². The lowest BCUT2D eigenvalue weighted by Gasteiger charge is -2.13. The zero-order valence-corrected chi connectivity index (χ0v) is 11.5. The van der Waals surface area contributed by atoms with Gasteiger partial charge in [-0.15, -0.1) is 0 Å². The molecule has 0 bridgehead atoms. The summed E-state index contributed by atoms with van der Waals surface area (Å²) in [6.45, 7) is 2.07. The van der Waals surface area contributed by atoms with Crippen LogP contribution in [0.2, 0.25) is 0 Å². The van der Waals surface area contributed by atoms with E-state index >= 15 is 0 Å². The fourth-order valence-electron chi connectivity index (χ4n) is 2.25. The highest BCUT2D eigenvalue weighted by Gasteiger charge is 2.15. The third-order valence-electron chi connectivity index (χ3n) is 3.36. The lowest BCUT2D eigenvalue weighted by molar-refractivity contribution is 0.738. The molecule has 1 aliphatic rings. The zero-order chi connectivity index (χ0) is 13.8. The van der Waals surface area contributed by atoms with E-state index in [2.05, 4.69) is 46.2 Å². The van der Waals surface area contributed by atoms with E-state index in [1.165, 1.54) is 0 Å². The van der Waals surface area contributed by atoms with Gasteiger partial charge in [0.1, 0.15) is 11.6 Å². The van der Waals surface area contributed by atoms with Gasteiger partial charge in [-0.2, -0.15) is 0 Å². The number of rotatable bonds is 3. The van der Waals surface area contributed by atoms with Crippen LogP contribution in [-0.2, 0) is 6.42 Å². The number of aryl methyl sites for hydroxylation is 1. The zero-order valence-electron chi connectivity index (χ0n) is 11.5. The van der Waals surface area contributed by atoms with Crippen molar-refractivity contribution in [2.75, 3.05) is 0 Å². The molecule has 3 heteroatoms. The van der Waals surface area contributed by atoms with Gasteiger partial charge < -0.3 is 0 Å². The average Bonchev–Trinajstić information content (AvgIpc) is 2.56. The first kappa shape index (κ1) is 12.7. The Balaban J connectivity index is 2.03. The van der Waals surface area contributed by atoms with Crippen molar-refractivity contribution >= 4 is 0 Å². The van der Waals surface area contributed by atoms with Gasteiger partial charge in [0.25, 0.3) is 0 Å². The molecule has 0 spiro atoms. The fraction of sp³-hybridized carbons (Fsp3) is 0.235.